The number of thioether (sulfide) groups is 1. The molecule has 0 amide bonds. The molecule has 0 radical (unpaired) electrons. The van der Waals surface area contributed by atoms with Gasteiger partial charge < -0.3 is 9.73 Å². The molecule has 2 aromatic rings. The molecular formula is C12H14N2OS. The molecule has 84 valence electrons. The average Bonchev–Trinajstić information content (AvgIpc) is 2.72. The van der Waals surface area contributed by atoms with Crippen LogP contribution in [0.5, 0.6) is 0 Å². The summed E-state index contributed by atoms with van der Waals surface area (Å²) >= 11 is 1.74. The van der Waals surface area contributed by atoms with Gasteiger partial charge in [-0.05, 0) is 25.1 Å². The van der Waals surface area contributed by atoms with Gasteiger partial charge in [-0.2, -0.15) is 0 Å². The molecule has 2 heterocycles. The van der Waals surface area contributed by atoms with Crippen molar-refractivity contribution in [1.29, 1.82) is 0 Å². The van der Waals surface area contributed by atoms with Crippen molar-refractivity contribution >= 4 is 17.6 Å². The van der Waals surface area contributed by atoms with E-state index >= 15 is 0 Å². The first-order chi connectivity index (χ1) is 7.79. The number of aryl methyl sites for hydroxylation is 1. The lowest BCUT2D eigenvalue weighted by molar-refractivity contribution is 0.527. The van der Waals surface area contributed by atoms with Crippen LogP contribution in [0.4, 0.5) is 5.82 Å². The van der Waals surface area contributed by atoms with Gasteiger partial charge in [0.05, 0.1) is 12.0 Å². The van der Waals surface area contributed by atoms with Crippen molar-refractivity contribution in [2.45, 2.75) is 17.6 Å². The number of furan rings is 1. The summed E-state index contributed by atoms with van der Waals surface area (Å²) in [6, 6.07) is 7.99. The second-order valence-corrected chi connectivity index (χ2v) is 4.41. The van der Waals surface area contributed by atoms with E-state index in [-0.39, 0.29) is 0 Å². The second-order valence-electron chi connectivity index (χ2n) is 3.39. The summed E-state index contributed by atoms with van der Waals surface area (Å²) in [6.07, 6.45) is 1.72. The number of nitrogens with zero attached hydrogens (tertiary/aromatic N) is 1. The first kappa shape index (κ1) is 11.1. The zero-order chi connectivity index (χ0) is 11.4. The predicted octanol–water partition coefficient (Wildman–Crippen LogP) is 3.32. The smallest absolute Gasteiger partial charge is 0.125 e. The van der Waals surface area contributed by atoms with Crippen molar-refractivity contribution in [2.24, 2.45) is 0 Å². The molecule has 0 aliphatic rings. The molecule has 4 heteroatoms. The third-order valence-corrected chi connectivity index (χ3v) is 3.42. The van der Waals surface area contributed by atoms with Gasteiger partial charge in [-0.1, -0.05) is 6.07 Å². The maximum atomic E-state index is 5.24. The van der Waals surface area contributed by atoms with Gasteiger partial charge in [-0.25, -0.2) is 4.98 Å². The Balaban J connectivity index is 2.02. The Kier molecular flexibility index (Phi) is 3.51. The van der Waals surface area contributed by atoms with E-state index in [9.17, 15) is 0 Å². The molecule has 16 heavy (non-hydrogen) atoms. The van der Waals surface area contributed by atoms with Crippen LogP contribution in [-0.2, 0) is 5.75 Å². The molecule has 0 bridgehead atoms. The number of rotatable bonds is 4. The highest BCUT2D eigenvalue weighted by Crippen LogP contribution is 2.26. The van der Waals surface area contributed by atoms with Crippen molar-refractivity contribution in [3.8, 4) is 0 Å². The molecule has 0 unspecified atom stereocenters. The summed E-state index contributed by atoms with van der Waals surface area (Å²) in [5, 5.41) is 3.03. The van der Waals surface area contributed by atoms with Crippen molar-refractivity contribution in [3.05, 3.63) is 42.0 Å². The van der Waals surface area contributed by atoms with Crippen LogP contribution < -0.4 is 5.32 Å². The largest absolute Gasteiger partial charge is 0.468 e. The average molecular weight is 234 g/mol. The lowest BCUT2D eigenvalue weighted by atomic mass is 10.4. The van der Waals surface area contributed by atoms with Crippen LogP contribution in [0, 0.1) is 6.92 Å². The zero-order valence-corrected chi connectivity index (χ0v) is 10.2. The molecular weight excluding hydrogens is 220 g/mol. The van der Waals surface area contributed by atoms with E-state index in [1.54, 1.807) is 18.0 Å². The highest BCUT2D eigenvalue weighted by Gasteiger charge is 2.03. The molecule has 0 aliphatic carbocycles. The summed E-state index contributed by atoms with van der Waals surface area (Å²) < 4.78 is 5.24. The monoisotopic (exact) mass is 234 g/mol. The number of nitrogens with one attached hydrogen (secondary N) is 1. The van der Waals surface area contributed by atoms with Crippen LogP contribution in [0.15, 0.2) is 39.8 Å². The van der Waals surface area contributed by atoms with E-state index in [1.807, 2.05) is 38.2 Å². The minimum absolute atomic E-state index is 0.857. The van der Waals surface area contributed by atoms with Gasteiger partial charge in [0.1, 0.15) is 11.6 Å². The minimum Gasteiger partial charge on any atom is -0.468 e. The standard InChI is InChI=1S/C12H14N2OS/c1-9-11(6-7-15-9)16-8-10-4-3-5-12(13-2)14-10/h3-7H,8H2,1-2H3,(H,13,14). The zero-order valence-electron chi connectivity index (χ0n) is 9.36. The normalized spacial score (nSPS) is 10.4. The van der Waals surface area contributed by atoms with Gasteiger partial charge in [0.2, 0.25) is 0 Å². The Morgan fingerprint density at radius 2 is 2.25 bits per heavy atom. The van der Waals surface area contributed by atoms with E-state index in [1.165, 1.54) is 4.90 Å². The molecule has 0 saturated carbocycles. The number of anilines is 1. The fraction of sp³-hybridized carbons (Fsp3) is 0.250. The van der Waals surface area contributed by atoms with Crippen LogP contribution in [0.2, 0.25) is 0 Å². The van der Waals surface area contributed by atoms with Gasteiger partial charge >= 0.3 is 0 Å². The van der Waals surface area contributed by atoms with Gasteiger partial charge in [0.15, 0.2) is 0 Å². The Morgan fingerprint density at radius 3 is 2.94 bits per heavy atom. The Bertz CT molecular complexity index is 468. The Labute approximate surface area is 99.3 Å². The number of hydrogen-bond donors (Lipinski definition) is 1. The van der Waals surface area contributed by atoms with Crippen molar-refractivity contribution in [1.82, 2.24) is 4.98 Å². The lowest BCUT2D eigenvalue weighted by Gasteiger charge is -2.03. The number of pyridine rings is 1. The van der Waals surface area contributed by atoms with E-state index in [0.717, 1.165) is 23.0 Å². The molecule has 0 atom stereocenters. The van der Waals surface area contributed by atoms with E-state index < -0.39 is 0 Å². The SMILES string of the molecule is CNc1cccc(CSc2ccoc2C)n1. The van der Waals surface area contributed by atoms with Gasteiger partial charge in [-0.3, -0.25) is 0 Å². The summed E-state index contributed by atoms with van der Waals surface area (Å²) in [7, 11) is 1.87. The van der Waals surface area contributed by atoms with Crippen LogP contribution >= 0.6 is 11.8 Å². The highest BCUT2D eigenvalue weighted by molar-refractivity contribution is 7.98. The van der Waals surface area contributed by atoms with Crippen molar-refractivity contribution < 1.29 is 4.42 Å². The van der Waals surface area contributed by atoms with Gasteiger partial charge in [0.25, 0.3) is 0 Å². The molecule has 1 N–H and O–H groups in total. The van der Waals surface area contributed by atoms with Crippen LogP contribution in [-0.4, -0.2) is 12.0 Å². The maximum absolute atomic E-state index is 5.24. The topological polar surface area (TPSA) is 38.1 Å². The van der Waals surface area contributed by atoms with E-state index in [4.69, 9.17) is 4.42 Å². The molecule has 0 spiro atoms. The van der Waals surface area contributed by atoms with Crippen LogP contribution in [0.1, 0.15) is 11.5 Å². The molecule has 0 aromatic carbocycles. The first-order valence-corrected chi connectivity index (χ1v) is 6.09. The minimum atomic E-state index is 0.857. The van der Waals surface area contributed by atoms with Crippen LogP contribution in [0.25, 0.3) is 0 Å². The van der Waals surface area contributed by atoms with Crippen molar-refractivity contribution in [3.63, 3.8) is 0 Å². The van der Waals surface area contributed by atoms with E-state index in [2.05, 4.69) is 10.3 Å². The van der Waals surface area contributed by atoms with Gasteiger partial charge in [-0.15, -0.1) is 11.8 Å². The molecule has 2 rings (SSSR count). The first-order valence-electron chi connectivity index (χ1n) is 5.10. The molecule has 0 saturated heterocycles. The second kappa shape index (κ2) is 5.07. The Hall–Kier alpha value is -1.42. The highest BCUT2D eigenvalue weighted by atomic mass is 32.2. The molecule has 0 fully saturated rings. The predicted molar refractivity (Wildman–Crippen MR) is 66.8 cm³/mol. The number of aromatic nitrogens is 1. The third-order valence-electron chi connectivity index (χ3n) is 2.25. The fourth-order valence-electron chi connectivity index (χ4n) is 1.37. The Morgan fingerprint density at radius 1 is 1.38 bits per heavy atom. The number of hydrogen-bond acceptors (Lipinski definition) is 4. The molecule has 2 aromatic heterocycles. The van der Waals surface area contributed by atoms with Gasteiger partial charge in [0, 0.05) is 17.7 Å². The summed E-state index contributed by atoms with van der Waals surface area (Å²) in [5.41, 5.74) is 1.07. The fourth-order valence-corrected chi connectivity index (χ4v) is 2.24. The molecule has 0 aliphatic heterocycles. The lowest BCUT2D eigenvalue weighted by Crippen LogP contribution is -1.94. The van der Waals surface area contributed by atoms with Crippen molar-refractivity contribution in [2.75, 3.05) is 12.4 Å². The summed E-state index contributed by atoms with van der Waals surface area (Å²) in [6.45, 7) is 1.97. The third kappa shape index (κ3) is 2.58. The quantitative estimate of drug-likeness (QED) is 0.824. The van der Waals surface area contributed by atoms with Crippen LogP contribution in [0.3, 0.4) is 0 Å². The summed E-state index contributed by atoms with van der Waals surface area (Å²) in [4.78, 5) is 5.64. The molecule has 3 nitrogen and oxygen atoms in total. The summed E-state index contributed by atoms with van der Waals surface area (Å²) in [5.74, 6) is 2.73. The van der Waals surface area contributed by atoms with E-state index in [0.29, 0.717) is 0 Å². The maximum Gasteiger partial charge on any atom is 0.125 e.